The maximum Gasteiger partial charge on any atom is 0.0521 e. The predicted octanol–water partition coefficient (Wildman–Crippen LogP) is 3.39. The summed E-state index contributed by atoms with van der Waals surface area (Å²) in [6, 6.07) is 8.50. The SMILES string of the molecule is CNC(CCc1cnn(C)c1)CSc1cccc(Cl)c1. The van der Waals surface area contributed by atoms with Crippen LogP contribution in [0.1, 0.15) is 12.0 Å². The minimum Gasteiger partial charge on any atom is -0.316 e. The van der Waals surface area contributed by atoms with Crippen molar-refractivity contribution >= 4 is 23.4 Å². The number of hydrogen-bond donors (Lipinski definition) is 1. The van der Waals surface area contributed by atoms with E-state index in [9.17, 15) is 0 Å². The van der Waals surface area contributed by atoms with Gasteiger partial charge < -0.3 is 5.32 Å². The molecule has 2 aromatic rings. The number of hydrogen-bond acceptors (Lipinski definition) is 3. The summed E-state index contributed by atoms with van der Waals surface area (Å²) in [6.45, 7) is 0. The maximum atomic E-state index is 6.00. The van der Waals surface area contributed by atoms with Crippen LogP contribution in [0.25, 0.3) is 0 Å². The Balaban J connectivity index is 1.80. The zero-order valence-electron chi connectivity index (χ0n) is 11.8. The van der Waals surface area contributed by atoms with Gasteiger partial charge in [0.05, 0.1) is 6.20 Å². The Bertz CT molecular complexity index is 541. The lowest BCUT2D eigenvalue weighted by Gasteiger charge is -2.15. The average molecular weight is 310 g/mol. The number of rotatable bonds is 7. The predicted molar refractivity (Wildman–Crippen MR) is 86.6 cm³/mol. The van der Waals surface area contributed by atoms with Crippen molar-refractivity contribution in [2.45, 2.75) is 23.8 Å². The molecule has 0 saturated carbocycles. The molecule has 0 radical (unpaired) electrons. The van der Waals surface area contributed by atoms with Crippen LogP contribution < -0.4 is 5.32 Å². The fourth-order valence-corrected chi connectivity index (χ4v) is 3.37. The third kappa shape index (κ3) is 4.85. The highest BCUT2D eigenvalue weighted by atomic mass is 35.5. The Morgan fingerprint density at radius 1 is 1.45 bits per heavy atom. The van der Waals surface area contributed by atoms with Crippen LogP contribution in [0.4, 0.5) is 0 Å². The smallest absolute Gasteiger partial charge is 0.0521 e. The molecule has 1 atom stereocenters. The zero-order valence-corrected chi connectivity index (χ0v) is 13.4. The first-order valence-corrected chi connectivity index (χ1v) is 8.07. The van der Waals surface area contributed by atoms with Crippen molar-refractivity contribution in [3.05, 3.63) is 47.2 Å². The van der Waals surface area contributed by atoms with Gasteiger partial charge in [-0.3, -0.25) is 4.68 Å². The summed E-state index contributed by atoms with van der Waals surface area (Å²) in [5.74, 6) is 1.04. The highest BCUT2D eigenvalue weighted by molar-refractivity contribution is 7.99. The summed E-state index contributed by atoms with van der Waals surface area (Å²) in [6.07, 6.45) is 6.18. The molecule has 0 amide bonds. The summed E-state index contributed by atoms with van der Waals surface area (Å²) in [5, 5.41) is 8.38. The van der Waals surface area contributed by atoms with E-state index in [1.807, 2.05) is 54.9 Å². The first-order chi connectivity index (χ1) is 9.67. The molecule has 1 aromatic carbocycles. The fraction of sp³-hybridized carbons (Fsp3) is 0.400. The molecule has 5 heteroatoms. The number of nitrogens with zero attached hydrogens (tertiary/aromatic N) is 2. The third-order valence-electron chi connectivity index (χ3n) is 3.20. The van der Waals surface area contributed by atoms with Crippen LogP contribution in [-0.2, 0) is 13.5 Å². The lowest BCUT2D eigenvalue weighted by molar-refractivity contribution is 0.572. The molecule has 108 valence electrons. The van der Waals surface area contributed by atoms with Gasteiger partial charge in [0.1, 0.15) is 0 Å². The molecule has 20 heavy (non-hydrogen) atoms. The van der Waals surface area contributed by atoms with Crippen molar-refractivity contribution in [2.24, 2.45) is 7.05 Å². The lowest BCUT2D eigenvalue weighted by Crippen LogP contribution is -2.28. The Morgan fingerprint density at radius 2 is 2.30 bits per heavy atom. The Kier molecular flexibility index (Phi) is 5.95. The summed E-state index contributed by atoms with van der Waals surface area (Å²) in [7, 11) is 3.97. The quantitative estimate of drug-likeness (QED) is 0.795. The summed E-state index contributed by atoms with van der Waals surface area (Å²) in [4.78, 5) is 1.22. The standard InChI is InChI=1S/C15H20ClN3S/c1-17-14(7-6-12-9-18-19(2)10-12)11-20-15-5-3-4-13(16)8-15/h3-5,8-10,14,17H,6-7,11H2,1-2H3. The molecule has 1 aromatic heterocycles. The van der Waals surface area contributed by atoms with Crippen LogP contribution in [0, 0.1) is 0 Å². The van der Waals surface area contributed by atoms with E-state index in [0.29, 0.717) is 6.04 Å². The second kappa shape index (κ2) is 7.72. The highest BCUT2D eigenvalue weighted by Gasteiger charge is 2.08. The summed E-state index contributed by atoms with van der Waals surface area (Å²) >= 11 is 7.84. The molecule has 0 bridgehead atoms. The van der Waals surface area contributed by atoms with Crippen molar-refractivity contribution in [3.63, 3.8) is 0 Å². The number of thioether (sulfide) groups is 1. The molecular weight excluding hydrogens is 290 g/mol. The largest absolute Gasteiger partial charge is 0.316 e. The van der Waals surface area contributed by atoms with E-state index in [-0.39, 0.29) is 0 Å². The van der Waals surface area contributed by atoms with Crippen molar-refractivity contribution in [1.82, 2.24) is 15.1 Å². The second-order valence-electron chi connectivity index (χ2n) is 4.81. The van der Waals surface area contributed by atoms with E-state index in [2.05, 4.69) is 22.7 Å². The van der Waals surface area contributed by atoms with E-state index in [0.717, 1.165) is 23.6 Å². The normalized spacial score (nSPS) is 12.6. The first-order valence-electron chi connectivity index (χ1n) is 6.70. The van der Waals surface area contributed by atoms with Crippen LogP contribution in [0.15, 0.2) is 41.6 Å². The molecular formula is C15H20ClN3S. The van der Waals surface area contributed by atoms with Crippen LogP contribution in [0.5, 0.6) is 0 Å². The van der Waals surface area contributed by atoms with Crippen LogP contribution in [0.3, 0.4) is 0 Å². The molecule has 2 rings (SSSR count). The molecule has 0 spiro atoms. The average Bonchev–Trinajstić information content (AvgIpc) is 2.85. The number of nitrogens with one attached hydrogen (secondary N) is 1. The Morgan fingerprint density at radius 3 is 2.95 bits per heavy atom. The molecule has 0 aliphatic heterocycles. The Labute approximate surface area is 129 Å². The fourth-order valence-electron chi connectivity index (χ4n) is 2.01. The topological polar surface area (TPSA) is 29.9 Å². The summed E-state index contributed by atoms with van der Waals surface area (Å²) < 4.78 is 1.85. The molecule has 0 saturated heterocycles. The Hall–Kier alpha value is -0.970. The van der Waals surface area contributed by atoms with Gasteiger partial charge in [-0.05, 0) is 43.7 Å². The van der Waals surface area contributed by atoms with Gasteiger partial charge in [-0.15, -0.1) is 11.8 Å². The third-order valence-corrected chi connectivity index (χ3v) is 4.59. The molecule has 1 N–H and O–H groups in total. The number of benzene rings is 1. The summed E-state index contributed by atoms with van der Waals surface area (Å²) in [5.41, 5.74) is 1.29. The van der Waals surface area contributed by atoms with Crippen LogP contribution in [0.2, 0.25) is 5.02 Å². The van der Waals surface area contributed by atoms with E-state index < -0.39 is 0 Å². The number of aryl methyl sites for hydroxylation is 2. The van der Waals surface area contributed by atoms with Crippen molar-refractivity contribution in [3.8, 4) is 0 Å². The van der Waals surface area contributed by atoms with Crippen molar-refractivity contribution < 1.29 is 0 Å². The van der Waals surface area contributed by atoms with Gasteiger partial charge in [0.25, 0.3) is 0 Å². The first kappa shape index (κ1) is 15.4. The number of halogens is 1. The van der Waals surface area contributed by atoms with Crippen molar-refractivity contribution in [2.75, 3.05) is 12.8 Å². The monoisotopic (exact) mass is 309 g/mol. The molecule has 0 aliphatic carbocycles. The van der Waals surface area contributed by atoms with Crippen molar-refractivity contribution in [1.29, 1.82) is 0 Å². The molecule has 0 aliphatic rings. The second-order valence-corrected chi connectivity index (χ2v) is 6.34. The van der Waals surface area contributed by atoms with Gasteiger partial charge in [-0.25, -0.2) is 0 Å². The van der Waals surface area contributed by atoms with Crippen LogP contribution >= 0.6 is 23.4 Å². The van der Waals surface area contributed by atoms with Gasteiger partial charge >= 0.3 is 0 Å². The molecule has 1 heterocycles. The maximum absolute atomic E-state index is 6.00. The van der Waals surface area contributed by atoms with E-state index in [4.69, 9.17) is 11.6 Å². The minimum atomic E-state index is 0.485. The molecule has 0 fully saturated rings. The zero-order chi connectivity index (χ0) is 14.4. The van der Waals surface area contributed by atoms with Gasteiger partial charge in [0.15, 0.2) is 0 Å². The lowest BCUT2D eigenvalue weighted by atomic mass is 10.1. The molecule has 1 unspecified atom stereocenters. The minimum absolute atomic E-state index is 0.485. The van der Waals surface area contributed by atoms with Gasteiger partial charge in [-0.1, -0.05) is 17.7 Å². The van der Waals surface area contributed by atoms with E-state index in [1.54, 1.807) is 0 Å². The van der Waals surface area contributed by atoms with E-state index >= 15 is 0 Å². The number of aromatic nitrogens is 2. The highest BCUT2D eigenvalue weighted by Crippen LogP contribution is 2.23. The van der Waals surface area contributed by atoms with E-state index in [1.165, 1.54) is 10.5 Å². The van der Waals surface area contributed by atoms with Gasteiger partial charge in [-0.2, -0.15) is 5.10 Å². The van der Waals surface area contributed by atoms with Crippen LogP contribution in [-0.4, -0.2) is 28.6 Å². The van der Waals surface area contributed by atoms with Gasteiger partial charge in [0.2, 0.25) is 0 Å². The molecule has 3 nitrogen and oxygen atoms in total. The van der Waals surface area contributed by atoms with Gasteiger partial charge in [0, 0.05) is 35.0 Å².